The van der Waals surface area contributed by atoms with Gasteiger partial charge < -0.3 is 10.1 Å². The van der Waals surface area contributed by atoms with Crippen LogP contribution in [0.5, 0.6) is 11.6 Å². The third-order valence-electron chi connectivity index (χ3n) is 2.34. The Kier molecular flexibility index (Phi) is 4.06. The molecule has 100 valence electrons. The van der Waals surface area contributed by atoms with Gasteiger partial charge in [-0.2, -0.15) is 0 Å². The second-order valence-corrected chi connectivity index (χ2v) is 5.24. The first kappa shape index (κ1) is 13.4. The van der Waals surface area contributed by atoms with Gasteiger partial charge in [-0.05, 0) is 32.9 Å². The largest absolute Gasteiger partial charge is 0.436 e. The summed E-state index contributed by atoms with van der Waals surface area (Å²) in [5.74, 6) is 1.12. The Morgan fingerprint density at radius 1 is 1.16 bits per heavy atom. The summed E-state index contributed by atoms with van der Waals surface area (Å²) in [5.41, 5.74) is 0.945. The molecule has 0 radical (unpaired) electrons. The molecule has 2 aromatic heterocycles. The van der Waals surface area contributed by atoms with Gasteiger partial charge in [-0.25, -0.2) is 4.98 Å². The van der Waals surface area contributed by atoms with Crippen molar-refractivity contribution < 1.29 is 4.74 Å². The van der Waals surface area contributed by atoms with Gasteiger partial charge in [-0.15, -0.1) is 0 Å². The quantitative estimate of drug-likeness (QED) is 0.913. The van der Waals surface area contributed by atoms with Crippen molar-refractivity contribution in [2.45, 2.75) is 32.9 Å². The highest BCUT2D eigenvalue weighted by molar-refractivity contribution is 5.21. The van der Waals surface area contributed by atoms with E-state index in [0.29, 0.717) is 18.2 Å². The van der Waals surface area contributed by atoms with E-state index in [0.717, 1.165) is 5.69 Å². The van der Waals surface area contributed by atoms with Crippen LogP contribution < -0.4 is 10.1 Å². The number of nitrogens with one attached hydrogen (secondary N) is 1. The minimum Gasteiger partial charge on any atom is -0.436 e. The minimum absolute atomic E-state index is 0.0621. The molecule has 0 spiro atoms. The molecule has 0 aliphatic carbocycles. The van der Waals surface area contributed by atoms with E-state index in [1.807, 2.05) is 12.1 Å². The zero-order valence-electron chi connectivity index (χ0n) is 11.4. The maximum atomic E-state index is 5.52. The summed E-state index contributed by atoms with van der Waals surface area (Å²) in [5, 5.41) is 3.35. The van der Waals surface area contributed by atoms with E-state index in [1.165, 1.54) is 0 Å². The lowest BCUT2D eigenvalue weighted by atomic mass is 10.1. The smallest absolute Gasteiger partial charge is 0.237 e. The maximum absolute atomic E-state index is 5.52. The fraction of sp³-hybridized carbons (Fsp3) is 0.357. The topological polar surface area (TPSA) is 59.9 Å². The van der Waals surface area contributed by atoms with E-state index in [-0.39, 0.29) is 5.54 Å². The maximum Gasteiger partial charge on any atom is 0.237 e. The van der Waals surface area contributed by atoms with E-state index in [4.69, 9.17) is 4.74 Å². The fourth-order valence-corrected chi connectivity index (χ4v) is 1.37. The zero-order valence-corrected chi connectivity index (χ0v) is 11.4. The second kappa shape index (κ2) is 5.75. The van der Waals surface area contributed by atoms with Gasteiger partial charge >= 0.3 is 0 Å². The average molecular weight is 258 g/mol. The van der Waals surface area contributed by atoms with E-state index in [1.54, 1.807) is 24.8 Å². The van der Waals surface area contributed by atoms with Crippen molar-refractivity contribution in [3.05, 3.63) is 42.6 Å². The van der Waals surface area contributed by atoms with Crippen molar-refractivity contribution in [2.24, 2.45) is 0 Å². The SMILES string of the molecule is CC(C)(C)NCc1cnc(Oc2cccnc2)cn1. The van der Waals surface area contributed by atoms with Crippen LogP contribution in [0.25, 0.3) is 0 Å². The summed E-state index contributed by atoms with van der Waals surface area (Å²) in [6.45, 7) is 7.02. The van der Waals surface area contributed by atoms with E-state index >= 15 is 0 Å². The Hall–Kier alpha value is -2.01. The van der Waals surface area contributed by atoms with Gasteiger partial charge in [0.15, 0.2) is 0 Å². The fourth-order valence-electron chi connectivity index (χ4n) is 1.37. The van der Waals surface area contributed by atoms with Crippen molar-refractivity contribution in [3.8, 4) is 11.6 Å². The molecule has 2 rings (SSSR count). The van der Waals surface area contributed by atoms with E-state index < -0.39 is 0 Å². The predicted molar refractivity (Wildman–Crippen MR) is 72.9 cm³/mol. The van der Waals surface area contributed by atoms with Gasteiger partial charge in [0.25, 0.3) is 0 Å². The van der Waals surface area contributed by atoms with Crippen LogP contribution in [0.3, 0.4) is 0 Å². The van der Waals surface area contributed by atoms with E-state index in [2.05, 4.69) is 41.0 Å². The molecule has 2 heterocycles. The molecule has 0 saturated carbocycles. The van der Waals surface area contributed by atoms with Crippen molar-refractivity contribution in [3.63, 3.8) is 0 Å². The summed E-state index contributed by atoms with van der Waals surface area (Å²) in [4.78, 5) is 12.5. The van der Waals surface area contributed by atoms with Crippen molar-refractivity contribution >= 4 is 0 Å². The van der Waals surface area contributed by atoms with Crippen LogP contribution in [0.2, 0.25) is 0 Å². The monoisotopic (exact) mass is 258 g/mol. The number of hydrogen-bond donors (Lipinski definition) is 1. The molecular formula is C14H18N4O. The summed E-state index contributed by atoms with van der Waals surface area (Å²) in [7, 11) is 0. The van der Waals surface area contributed by atoms with Crippen LogP contribution in [-0.2, 0) is 6.54 Å². The first-order valence-corrected chi connectivity index (χ1v) is 6.17. The molecule has 0 unspecified atom stereocenters. The molecule has 1 N–H and O–H groups in total. The van der Waals surface area contributed by atoms with Gasteiger partial charge in [0, 0.05) is 18.3 Å². The van der Waals surface area contributed by atoms with Crippen molar-refractivity contribution in [1.29, 1.82) is 0 Å². The number of nitrogens with zero attached hydrogens (tertiary/aromatic N) is 3. The van der Waals surface area contributed by atoms with Gasteiger partial charge in [0.05, 0.1) is 24.3 Å². The molecule has 0 aliphatic rings. The lowest BCUT2D eigenvalue weighted by Crippen LogP contribution is -2.35. The lowest BCUT2D eigenvalue weighted by Gasteiger charge is -2.19. The molecule has 0 atom stereocenters. The number of ether oxygens (including phenoxy) is 1. The standard InChI is InChI=1S/C14H18N4O/c1-14(2,3)18-8-11-7-17-13(10-16-11)19-12-5-4-6-15-9-12/h4-7,9-10,18H,8H2,1-3H3. The van der Waals surface area contributed by atoms with Gasteiger partial charge in [0.2, 0.25) is 5.88 Å². The first-order chi connectivity index (χ1) is 9.03. The van der Waals surface area contributed by atoms with Crippen LogP contribution in [-0.4, -0.2) is 20.5 Å². The molecule has 0 aliphatic heterocycles. The first-order valence-electron chi connectivity index (χ1n) is 6.17. The molecule has 0 fully saturated rings. The van der Waals surface area contributed by atoms with Crippen molar-refractivity contribution in [1.82, 2.24) is 20.3 Å². The molecule has 0 amide bonds. The molecule has 0 saturated heterocycles. The highest BCUT2D eigenvalue weighted by atomic mass is 16.5. The van der Waals surface area contributed by atoms with Gasteiger partial charge in [-0.1, -0.05) is 0 Å². The Labute approximate surface area is 113 Å². The van der Waals surface area contributed by atoms with Crippen LogP contribution in [0.4, 0.5) is 0 Å². The van der Waals surface area contributed by atoms with Gasteiger partial charge in [0.1, 0.15) is 5.75 Å². The lowest BCUT2D eigenvalue weighted by molar-refractivity contribution is 0.418. The summed E-state index contributed by atoms with van der Waals surface area (Å²) >= 11 is 0. The van der Waals surface area contributed by atoms with Crippen LogP contribution >= 0.6 is 0 Å². The number of hydrogen-bond acceptors (Lipinski definition) is 5. The highest BCUT2D eigenvalue weighted by Gasteiger charge is 2.09. The third kappa shape index (κ3) is 4.63. The Bertz CT molecular complexity index is 505. The van der Waals surface area contributed by atoms with E-state index in [9.17, 15) is 0 Å². The summed E-state index contributed by atoms with van der Waals surface area (Å²) in [6.07, 6.45) is 6.66. The highest BCUT2D eigenvalue weighted by Crippen LogP contribution is 2.16. The predicted octanol–water partition coefficient (Wildman–Crippen LogP) is 2.55. The van der Waals surface area contributed by atoms with Gasteiger partial charge in [-0.3, -0.25) is 9.97 Å². The molecule has 19 heavy (non-hydrogen) atoms. The summed E-state index contributed by atoms with van der Waals surface area (Å²) < 4.78 is 5.52. The minimum atomic E-state index is 0.0621. The zero-order chi connectivity index (χ0) is 13.7. The molecular weight excluding hydrogens is 240 g/mol. The molecule has 5 nitrogen and oxygen atoms in total. The Balaban J connectivity index is 1.95. The van der Waals surface area contributed by atoms with Crippen LogP contribution in [0, 0.1) is 0 Å². The number of pyridine rings is 1. The third-order valence-corrected chi connectivity index (χ3v) is 2.34. The van der Waals surface area contributed by atoms with Crippen molar-refractivity contribution in [2.75, 3.05) is 0 Å². The molecule has 0 bridgehead atoms. The molecule has 0 aromatic carbocycles. The Morgan fingerprint density at radius 3 is 2.58 bits per heavy atom. The Morgan fingerprint density at radius 2 is 2.00 bits per heavy atom. The molecule has 2 aromatic rings. The summed E-state index contributed by atoms with van der Waals surface area (Å²) in [6, 6.07) is 3.63. The number of aromatic nitrogens is 3. The second-order valence-electron chi connectivity index (χ2n) is 5.24. The van der Waals surface area contributed by atoms with Crippen LogP contribution in [0.15, 0.2) is 36.9 Å². The number of rotatable bonds is 4. The normalized spacial score (nSPS) is 11.3. The molecule has 5 heteroatoms. The van der Waals surface area contributed by atoms with Crippen LogP contribution in [0.1, 0.15) is 26.5 Å². The average Bonchev–Trinajstić information content (AvgIpc) is 2.38.